The number of hydrogen-bond donors (Lipinski definition) is 0. The minimum Gasteiger partial charge on any atom is -0.309 e. The van der Waals surface area contributed by atoms with E-state index in [1.54, 1.807) is 0 Å². The zero-order chi connectivity index (χ0) is 33.8. The second kappa shape index (κ2) is 10.5. The minimum absolute atomic E-state index is 0.0649. The van der Waals surface area contributed by atoms with Gasteiger partial charge in [0.25, 0.3) is 0 Å². The van der Waals surface area contributed by atoms with Gasteiger partial charge in [0, 0.05) is 27.2 Å². The first-order valence-electron chi connectivity index (χ1n) is 18.0. The van der Waals surface area contributed by atoms with E-state index in [2.05, 4.69) is 182 Å². The number of benzene rings is 7. The molecule has 2 nitrogen and oxygen atoms in total. The van der Waals surface area contributed by atoms with Gasteiger partial charge in [-0.15, -0.1) is 0 Å². The number of para-hydroxylation sites is 3. The zero-order valence-electron chi connectivity index (χ0n) is 29.2. The highest BCUT2D eigenvalue weighted by atomic mass is 15.0. The van der Waals surface area contributed by atoms with E-state index in [1.165, 1.54) is 101 Å². The second-order valence-corrected chi connectivity index (χ2v) is 15.6. The third-order valence-corrected chi connectivity index (χ3v) is 11.7. The van der Waals surface area contributed by atoms with Crippen LogP contribution in [-0.4, -0.2) is 9.13 Å². The van der Waals surface area contributed by atoms with Crippen LogP contribution in [0, 0.1) is 0 Å². The first kappa shape index (κ1) is 29.3. The Labute approximate surface area is 293 Å². The van der Waals surface area contributed by atoms with Crippen LogP contribution in [0.5, 0.6) is 0 Å². The highest BCUT2D eigenvalue weighted by Gasteiger charge is 2.39. The molecule has 0 spiro atoms. The van der Waals surface area contributed by atoms with Crippen LogP contribution in [0.15, 0.2) is 146 Å². The van der Waals surface area contributed by atoms with Gasteiger partial charge in [0.1, 0.15) is 0 Å². The average molecular weight is 645 g/mol. The SMILES string of the molecule is CC1(C)CCC(C)(C)c2c(-n3c4ccccc4c4c5ccccc5c(-c5cccc(-n6c7ccccc7c7ccccc76)c5)cc43)cccc21. The molecular formula is C48H40N2. The molecule has 9 aromatic rings. The molecule has 0 N–H and O–H groups in total. The maximum absolute atomic E-state index is 2.58. The highest BCUT2D eigenvalue weighted by molar-refractivity contribution is 6.24. The predicted octanol–water partition coefficient (Wildman–Crippen LogP) is 13.0. The van der Waals surface area contributed by atoms with Gasteiger partial charge in [0.2, 0.25) is 0 Å². The Kier molecular flexibility index (Phi) is 6.13. The normalized spacial score (nSPS) is 15.4. The van der Waals surface area contributed by atoms with E-state index in [0.29, 0.717) is 0 Å². The molecule has 50 heavy (non-hydrogen) atoms. The molecule has 0 bridgehead atoms. The van der Waals surface area contributed by atoms with Gasteiger partial charge in [0.15, 0.2) is 0 Å². The molecule has 7 aromatic carbocycles. The summed E-state index contributed by atoms with van der Waals surface area (Å²) in [6.07, 6.45) is 2.37. The van der Waals surface area contributed by atoms with E-state index in [-0.39, 0.29) is 10.8 Å². The summed E-state index contributed by atoms with van der Waals surface area (Å²) in [5.41, 5.74) is 13.1. The van der Waals surface area contributed by atoms with E-state index in [0.717, 1.165) is 0 Å². The van der Waals surface area contributed by atoms with Crippen LogP contribution >= 0.6 is 0 Å². The minimum atomic E-state index is 0.0649. The number of fused-ring (bicyclic) bond motifs is 9. The Morgan fingerprint density at radius 3 is 1.70 bits per heavy atom. The molecule has 242 valence electrons. The maximum atomic E-state index is 2.58. The molecule has 0 amide bonds. The van der Waals surface area contributed by atoms with Crippen molar-refractivity contribution < 1.29 is 0 Å². The van der Waals surface area contributed by atoms with Crippen LogP contribution in [0.25, 0.3) is 76.9 Å². The summed E-state index contributed by atoms with van der Waals surface area (Å²) < 4.78 is 5.01. The highest BCUT2D eigenvalue weighted by Crippen LogP contribution is 2.50. The fourth-order valence-electron chi connectivity index (χ4n) is 9.23. The summed E-state index contributed by atoms with van der Waals surface area (Å²) in [6.45, 7) is 9.73. The molecule has 0 saturated heterocycles. The molecule has 2 heteroatoms. The van der Waals surface area contributed by atoms with E-state index in [9.17, 15) is 0 Å². The van der Waals surface area contributed by atoms with Crippen LogP contribution in [0.3, 0.4) is 0 Å². The van der Waals surface area contributed by atoms with Crippen molar-refractivity contribution in [2.75, 3.05) is 0 Å². The van der Waals surface area contributed by atoms with E-state index >= 15 is 0 Å². The van der Waals surface area contributed by atoms with Crippen LogP contribution < -0.4 is 0 Å². The van der Waals surface area contributed by atoms with Crippen molar-refractivity contribution in [3.63, 3.8) is 0 Å². The first-order chi connectivity index (χ1) is 24.3. The van der Waals surface area contributed by atoms with Crippen molar-refractivity contribution >= 4 is 54.4 Å². The number of rotatable bonds is 3. The molecule has 10 rings (SSSR count). The maximum Gasteiger partial charge on any atom is 0.0553 e. The van der Waals surface area contributed by atoms with Gasteiger partial charge in [-0.3, -0.25) is 0 Å². The van der Waals surface area contributed by atoms with Gasteiger partial charge in [-0.25, -0.2) is 0 Å². The Morgan fingerprint density at radius 1 is 0.440 bits per heavy atom. The summed E-state index contributed by atoms with van der Waals surface area (Å²) in [5.74, 6) is 0. The average Bonchev–Trinajstić information content (AvgIpc) is 3.66. The molecule has 0 fully saturated rings. The van der Waals surface area contributed by atoms with Crippen LogP contribution in [-0.2, 0) is 10.8 Å². The molecule has 0 atom stereocenters. The first-order valence-corrected chi connectivity index (χ1v) is 18.0. The van der Waals surface area contributed by atoms with Crippen LogP contribution in [0.2, 0.25) is 0 Å². The largest absolute Gasteiger partial charge is 0.309 e. The van der Waals surface area contributed by atoms with Crippen molar-refractivity contribution in [1.82, 2.24) is 9.13 Å². The third-order valence-electron chi connectivity index (χ3n) is 11.7. The lowest BCUT2D eigenvalue weighted by atomic mass is 9.62. The zero-order valence-corrected chi connectivity index (χ0v) is 29.2. The van der Waals surface area contributed by atoms with Crippen molar-refractivity contribution in [2.24, 2.45) is 0 Å². The lowest BCUT2D eigenvalue weighted by Gasteiger charge is -2.43. The third kappa shape index (κ3) is 4.08. The van der Waals surface area contributed by atoms with Crippen molar-refractivity contribution in [3.05, 3.63) is 157 Å². The fourth-order valence-corrected chi connectivity index (χ4v) is 9.23. The molecule has 2 aromatic heterocycles. The Hall–Kier alpha value is -5.60. The topological polar surface area (TPSA) is 9.86 Å². The van der Waals surface area contributed by atoms with Crippen LogP contribution in [0.1, 0.15) is 51.7 Å². The number of nitrogens with zero attached hydrogens (tertiary/aromatic N) is 2. The molecule has 0 aliphatic heterocycles. The molecule has 1 aliphatic rings. The van der Waals surface area contributed by atoms with Gasteiger partial charge in [-0.1, -0.05) is 131 Å². The van der Waals surface area contributed by atoms with Gasteiger partial charge >= 0.3 is 0 Å². The molecule has 1 aliphatic carbocycles. The Balaban J connectivity index is 1.30. The summed E-state index contributed by atoms with van der Waals surface area (Å²) >= 11 is 0. The Morgan fingerprint density at radius 2 is 1.00 bits per heavy atom. The molecule has 0 saturated carbocycles. The fraction of sp³-hybridized carbons (Fsp3) is 0.167. The van der Waals surface area contributed by atoms with Crippen LogP contribution in [0.4, 0.5) is 0 Å². The summed E-state index contributed by atoms with van der Waals surface area (Å²) in [5, 5.41) is 7.75. The van der Waals surface area contributed by atoms with Crippen molar-refractivity contribution in [1.29, 1.82) is 0 Å². The molecule has 0 radical (unpaired) electrons. The van der Waals surface area contributed by atoms with E-state index in [4.69, 9.17) is 0 Å². The molecule has 2 heterocycles. The van der Waals surface area contributed by atoms with E-state index in [1.807, 2.05) is 0 Å². The number of aromatic nitrogens is 2. The van der Waals surface area contributed by atoms with Gasteiger partial charge in [-0.05, 0) is 99.2 Å². The number of hydrogen-bond acceptors (Lipinski definition) is 0. The second-order valence-electron chi connectivity index (χ2n) is 15.6. The standard InChI is InChI=1S/C48H40N2/c1-47(2)27-28-48(3,4)46-39(47)22-14-26-43(46)50-42-25-12-9-21-37(42)45-36-20-6-5-17-33(36)38(30-44(45)50)31-15-13-16-32(29-31)49-40-23-10-7-18-34(40)35-19-8-11-24-41(35)49/h5-26,29-30H,27-28H2,1-4H3. The smallest absolute Gasteiger partial charge is 0.0553 e. The lowest BCUT2D eigenvalue weighted by molar-refractivity contribution is 0.331. The predicted molar refractivity (Wildman–Crippen MR) is 213 cm³/mol. The van der Waals surface area contributed by atoms with Crippen molar-refractivity contribution in [2.45, 2.75) is 51.4 Å². The Bertz CT molecular complexity index is 2770. The van der Waals surface area contributed by atoms with Gasteiger partial charge in [0.05, 0.1) is 27.8 Å². The summed E-state index contributed by atoms with van der Waals surface area (Å²) in [4.78, 5) is 0. The monoisotopic (exact) mass is 644 g/mol. The summed E-state index contributed by atoms with van der Waals surface area (Å²) in [6, 6.07) is 54.2. The quantitative estimate of drug-likeness (QED) is 0.181. The lowest BCUT2D eigenvalue weighted by Crippen LogP contribution is -2.35. The van der Waals surface area contributed by atoms with Gasteiger partial charge < -0.3 is 9.13 Å². The van der Waals surface area contributed by atoms with Gasteiger partial charge in [-0.2, -0.15) is 0 Å². The molecule has 0 unspecified atom stereocenters. The summed E-state index contributed by atoms with van der Waals surface area (Å²) in [7, 11) is 0. The van der Waals surface area contributed by atoms with E-state index < -0.39 is 0 Å². The molecular weight excluding hydrogens is 605 g/mol. The van der Waals surface area contributed by atoms with Crippen molar-refractivity contribution in [3.8, 4) is 22.5 Å².